The second kappa shape index (κ2) is 6.46. The van der Waals surface area contributed by atoms with Gasteiger partial charge in [0.1, 0.15) is 0 Å². The summed E-state index contributed by atoms with van der Waals surface area (Å²) in [5.41, 5.74) is 2.20. The Morgan fingerprint density at radius 2 is 1.80 bits per heavy atom. The zero-order chi connectivity index (χ0) is 11.1. The molecule has 0 atom stereocenters. The van der Waals surface area contributed by atoms with E-state index in [-0.39, 0.29) is 6.61 Å². The highest BCUT2D eigenvalue weighted by Gasteiger charge is 1.99. The lowest BCUT2D eigenvalue weighted by atomic mass is 10.2. The maximum Gasteiger partial charge on any atom is 0.0681 e. The Labute approximate surface area is 92.5 Å². The van der Waals surface area contributed by atoms with Crippen LogP contribution < -0.4 is 4.90 Å². The number of rotatable bonds is 6. The molecule has 0 spiro atoms. The molecule has 15 heavy (non-hydrogen) atoms. The molecule has 0 amide bonds. The Bertz CT molecular complexity index is 268. The fraction of sp³-hybridized carbons (Fsp3) is 0.538. The molecule has 0 bridgehead atoms. The predicted octanol–water partition coefficient (Wildman–Crippen LogP) is 2.81. The Morgan fingerprint density at radius 3 is 2.33 bits per heavy atom. The van der Waals surface area contributed by atoms with Crippen LogP contribution in [0.2, 0.25) is 0 Å². The maximum absolute atomic E-state index is 8.93. The van der Waals surface area contributed by atoms with Crippen LogP contribution in [0.25, 0.3) is 0 Å². The van der Waals surface area contributed by atoms with Crippen LogP contribution >= 0.6 is 0 Å². The molecule has 2 heteroatoms. The van der Waals surface area contributed by atoms with Gasteiger partial charge in [-0.15, -0.1) is 0 Å². The first-order valence-corrected chi connectivity index (χ1v) is 5.69. The van der Waals surface area contributed by atoms with E-state index in [1.807, 2.05) is 12.1 Å². The fourth-order valence-corrected chi connectivity index (χ4v) is 1.58. The molecule has 0 aliphatic heterocycles. The first-order chi connectivity index (χ1) is 7.27. The minimum Gasteiger partial charge on any atom is -0.392 e. The summed E-state index contributed by atoms with van der Waals surface area (Å²) in [6.45, 7) is 3.45. The van der Waals surface area contributed by atoms with E-state index in [1.54, 1.807) is 0 Å². The van der Waals surface area contributed by atoms with Crippen LogP contribution in [0.15, 0.2) is 24.3 Å². The largest absolute Gasteiger partial charge is 0.392 e. The number of nitrogens with zero attached hydrogens (tertiary/aromatic N) is 1. The highest BCUT2D eigenvalue weighted by molar-refractivity contribution is 5.46. The van der Waals surface area contributed by atoms with Crippen LogP contribution in [0.1, 0.15) is 31.7 Å². The molecule has 0 heterocycles. The lowest BCUT2D eigenvalue weighted by molar-refractivity contribution is 0.282. The van der Waals surface area contributed by atoms with Crippen LogP contribution in [0.4, 0.5) is 5.69 Å². The minimum atomic E-state index is 0.125. The lowest BCUT2D eigenvalue weighted by Crippen LogP contribution is -2.18. The minimum absolute atomic E-state index is 0.125. The normalized spacial score (nSPS) is 10.3. The predicted molar refractivity (Wildman–Crippen MR) is 65.2 cm³/mol. The number of anilines is 1. The quantitative estimate of drug-likeness (QED) is 0.725. The Morgan fingerprint density at radius 1 is 1.13 bits per heavy atom. The van der Waals surface area contributed by atoms with Gasteiger partial charge in [0.15, 0.2) is 0 Å². The van der Waals surface area contributed by atoms with E-state index in [0.717, 1.165) is 12.1 Å². The van der Waals surface area contributed by atoms with E-state index >= 15 is 0 Å². The zero-order valence-corrected chi connectivity index (χ0v) is 9.74. The molecule has 0 aromatic heterocycles. The molecule has 0 unspecified atom stereocenters. The summed E-state index contributed by atoms with van der Waals surface area (Å²) in [5.74, 6) is 0. The summed E-state index contributed by atoms with van der Waals surface area (Å²) < 4.78 is 0. The number of benzene rings is 1. The summed E-state index contributed by atoms with van der Waals surface area (Å²) in [5, 5.41) is 8.93. The molecule has 1 N–H and O–H groups in total. The number of aliphatic hydroxyl groups excluding tert-OH is 1. The maximum atomic E-state index is 8.93. The summed E-state index contributed by atoms with van der Waals surface area (Å²) in [7, 11) is 2.11. The molecule has 84 valence electrons. The third-order valence-electron chi connectivity index (χ3n) is 2.66. The van der Waals surface area contributed by atoms with E-state index in [2.05, 4.69) is 31.0 Å². The molecule has 1 rings (SSSR count). The molecule has 1 aromatic carbocycles. The fourth-order valence-electron chi connectivity index (χ4n) is 1.58. The van der Waals surface area contributed by atoms with Gasteiger partial charge < -0.3 is 10.0 Å². The number of hydrogen-bond donors (Lipinski definition) is 1. The molecule has 0 aliphatic rings. The van der Waals surface area contributed by atoms with Gasteiger partial charge in [0.25, 0.3) is 0 Å². The second-order valence-electron chi connectivity index (χ2n) is 3.95. The van der Waals surface area contributed by atoms with Crippen LogP contribution in [0, 0.1) is 0 Å². The van der Waals surface area contributed by atoms with Crippen molar-refractivity contribution in [1.29, 1.82) is 0 Å². The van der Waals surface area contributed by atoms with Gasteiger partial charge in [0, 0.05) is 19.3 Å². The van der Waals surface area contributed by atoms with Crippen LogP contribution in [-0.2, 0) is 6.61 Å². The molecule has 1 aromatic rings. The van der Waals surface area contributed by atoms with Gasteiger partial charge in [-0.1, -0.05) is 31.9 Å². The average Bonchev–Trinajstić information content (AvgIpc) is 2.29. The van der Waals surface area contributed by atoms with Gasteiger partial charge in [0.05, 0.1) is 6.61 Å². The van der Waals surface area contributed by atoms with Gasteiger partial charge in [-0.2, -0.15) is 0 Å². The van der Waals surface area contributed by atoms with Crippen molar-refractivity contribution in [3.05, 3.63) is 29.8 Å². The zero-order valence-electron chi connectivity index (χ0n) is 9.74. The van der Waals surface area contributed by atoms with Crippen molar-refractivity contribution in [2.75, 3.05) is 18.5 Å². The topological polar surface area (TPSA) is 23.5 Å². The third-order valence-corrected chi connectivity index (χ3v) is 2.66. The van der Waals surface area contributed by atoms with Gasteiger partial charge in [-0.25, -0.2) is 0 Å². The van der Waals surface area contributed by atoms with Crippen molar-refractivity contribution in [3.63, 3.8) is 0 Å². The van der Waals surface area contributed by atoms with Gasteiger partial charge in [-0.3, -0.25) is 0 Å². The number of aliphatic hydroxyl groups is 1. The van der Waals surface area contributed by atoms with E-state index in [0.29, 0.717) is 0 Å². The van der Waals surface area contributed by atoms with Crippen LogP contribution in [-0.4, -0.2) is 18.7 Å². The summed E-state index contributed by atoms with van der Waals surface area (Å²) >= 11 is 0. The van der Waals surface area contributed by atoms with Gasteiger partial charge in [-0.05, 0) is 24.1 Å². The monoisotopic (exact) mass is 207 g/mol. The van der Waals surface area contributed by atoms with Crippen LogP contribution in [0.3, 0.4) is 0 Å². The molecule has 0 fully saturated rings. The van der Waals surface area contributed by atoms with Crippen molar-refractivity contribution < 1.29 is 5.11 Å². The Hall–Kier alpha value is -1.02. The van der Waals surface area contributed by atoms with E-state index < -0.39 is 0 Å². The SMILES string of the molecule is CCCCCN(C)c1ccc(CO)cc1. The standard InChI is InChI=1S/C13H21NO/c1-3-4-5-10-14(2)13-8-6-12(11-15)7-9-13/h6-9,15H,3-5,10-11H2,1-2H3. The summed E-state index contributed by atoms with van der Waals surface area (Å²) in [6, 6.07) is 8.09. The Kier molecular flexibility index (Phi) is 5.19. The molecular formula is C13H21NO. The van der Waals surface area contributed by atoms with Crippen molar-refractivity contribution >= 4 is 5.69 Å². The van der Waals surface area contributed by atoms with E-state index in [4.69, 9.17) is 5.11 Å². The van der Waals surface area contributed by atoms with E-state index in [9.17, 15) is 0 Å². The van der Waals surface area contributed by atoms with Crippen molar-refractivity contribution in [2.24, 2.45) is 0 Å². The molecule has 0 saturated heterocycles. The first-order valence-electron chi connectivity index (χ1n) is 5.69. The summed E-state index contributed by atoms with van der Waals surface area (Å²) in [4.78, 5) is 2.26. The van der Waals surface area contributed by atoms with Crippen molar-refractivity contribution in [2.45, 2.75) is 32.8 Å². The second-order valence-corrected chi connectivity index (χ2v) is 3.95. The first kappa shape index (κ1) is 12.1. The lowest BCUT2D eigenvalue weighted by Gasteiger charge is -2.19. The Balaban J connectivity index is 2.46. The molecule has 0 saturated carbocycles. The highest BCUT2D eigenvalue weighted by Crippen LogP contribution is 2.14. The smallest absolute Gasteiger partial charge is 0.0681 e. The molecule has 0 aliphatic carbocycles. The van der Waals surface area contributed by atoms with Crippen molar-refractivity contribution in [3.8, 4) is 0 Å². The number of hydrogen-bond acceptors (Lipinski definition) is 2. The highest BCUT2D eigenvalue weighted by atomic mass is 16.3. The van der Waals surface area contributed by atoms with E-state index in [1.165, 1.54) is 24.9 Å². The molecule has 2 nitrogen and oxygen atoms in total. The van der Waals surface area contributed by atoms with Crippen LogP contribution in [0.5, 0.6) is 0 Å². The average molecular weight is 207 g/mol. The molecule has 0 radical (unpaired) electrons. The van der Waals surface area contributed by atoms with Crippen molar-refractivity contribution in [1.82, 2.24) is 0 Å². The molecular weight excluding hydrogens is 186 g/mol. The van der Waals surface area contributed by atoms with Gasteiger partial charge in [0.2, 0.25) is 0 Å². The third kappa shape index (κ3) is 3.92. The summed E-state index contributed by atoms with van der Waals surface area (Å²) in [6.07, 6.45) is 3.80. The van der Waals surface area contributed by atoms with Gasteiger partial charge >= 0.3 is 0 Å². The number of unbranched alkanes of at least 4 members (excludes halogenated alkanes) is 2.